The van der Waals surface area contributed by atoms with Crippen LogP contribution in [0.15, 0.2) is 0 Å². The molecular formula is C7H12BO. The number of rotatable bonds is 2. The predicted octanol–water partition coefficient (Wildman–Crippen LogP) is 1.70. The van der Waals surface area contributed by atoms with Crippen molar-refractivity contribution in [1.82, 2.24) is 0 Å². The third kappa shape index (κ3) is 1.57. The first-order valence-electron chi connectivity index (χ1n) is 3.72. The molecule has 0 saturated heterocycles. The van der Waals surface area contributed by atoms with Gasteiger partial charge in [0.25, 0.3) is 0 Å². The normalized spacial score (nSPS) is 20.1. The Hall–Kier alpha value is -0.265. The third-order valence-corrected chi connectivity index (χ3v) is 2.29. The Kier molecular flexibility index (Phi) is 2.32. The van der Waals surface area contributed by atoms with Crippen LogP contribution in [0.1, 0.15) is 25.7 Å². The number of carbonyl (C=O) groups excluding carboxylic acids is 1. The Bertz CT molecular complexity index is 97.1. The monoisotopic (exact) mass is 123 g/mol. The van der Waals surface area contributed by atoms with Crippen molar-refractivity contribution in [3.8, 4) is 0 Å². The zero-order valence-corrected chi connectivity index (χ0v) is 5.89. The van der Waals surface area contributed by atoms with Crippen molar-refractivity contribution in [2.24, 2.45) is 0 Å². The van der Waals surface area contributed by atoms with Gasteiger partial charge in [0, 0.05) is 0 Å². The van der Waals surface area contributed by atoms with E-state index in [2.05, 4.69) is 6.19 Å². The topological polar surface area (TPSA) is 17.1 Å². The van der Waals surface area contributed by atoms with Crippen molar-refractivity contribution in [2.75, 3.05) is 0 Å². The standard InChI is InChI=1S/C7H12BO/c1-8(6-9)7-4-2-3-5-7/h7H,2-5H2,1H3. The van der Waals surface area contributed by atoms with Gasteiger partial charge >= 0.3 is 0 Å². The fourth-order valence-electron chi connectivity index (χ4n) is 1.55. The maximum atomic E-state index is 10.2. The minimum absolute atomic E-state index is 0.187. The summed E-state index contributed by atoms with van der Waals surface area (Å²) >= 11 is 0. The lowest BCUT2D eigenvalue weighted by molar-refractivity contribution is 0.566. The molecule has 0 aromatic heterocycles. The average Bonchev–Trinajstić information content (AvgIpc) is 2.37. The summed E-state index contributed by atoms with van der Waals surface area (Å²) in [5.74, 6) is 0.655. The third-order valence-electron chi connectivity index (χ3n) is 2.29. The molecule has 0 atom stereocenters. The van der Waals surface area contributed by atoms with E-state index >= 15 is 0 Å². The summed E-state index contributed by atoms with van der Waals surface area (Å²) in [6.45, 7) is 2.16. The highest BCUT2D eigenvalue weighted by Gasteiger charge is 2.24. The first-order valence-corrected chi connectivity index (χ1v) is 3.72. The minimum Gasteiger partial charge on any atom is -0.304 e. The zero-order chi connectivity index (χ0) is 6.69. The first-order chi connectivity index (χ1) is 4.34. The van der Waals surface area contributed by atoms with E-state index in [9.17, 15) is 4.79 Å². The Labute approximate surface area is 56.9 Å². The van der Waals surface area contributed by atoms with Crippen molar-refractivity contribution in [1.29, 1.82) is 0 Å². The van der Waals surface area contributed by atoms with Crippen LogP contribution >= 0.6 is 0 Å². The Morgan fingerprint density at radius 1 is 1.44 bits per heavy atom. The quantitative estimate of drug-likeness (QED) is 0.510. The molecule has 0 unspecified atom stereocenters. The minimum atomic E-state index is 0.187. The Morgan fingerprint density at radius 2 is 2.00 bits per heavy atom. The van der Waals surface area contributed by atoms with Gasteiger partial charge in [-0.25, -0.2) is 0 Å². The molecule has 1 nitrogen and oxygen atoms in total. The SMILES string of the molecule is CB([C]=O)C1CCCC1. The molecule has 0 N–H and O–H groups in total. The summed E-state index contributed by atoms with van der Waals surface area (Å²) < 4.78 is 0. The lowest BCUT2D eigenvalue weighted by Gasteiger charge is -2.05. The van der Waals surface area contributed by atoms with Gasteiger partial charge < -0.3 is 4.79 Å². The van der Waals surface area contributed by atoms with Gasteiger partial charge in [0.15, 0.2) is 0 Å². The highest BCUT2D eigenvalue weighted by Crippen LogP contribution is 2.31. The largest absolute Gasteiger partial charge is 0.304 e. The van der Waals surface area contributed by atoms with Crippen LogP contribution in [0, 0.1) is 0 Å². The van der Waals surface area contributed by atoms with Gasteiger partial charge in [-0.05, 0) is 0 Å². The van der Waals surface area contributed by atoms with Gasteiger partial charge in [0.2, 0.25) is 6.71 Å². The zero-order valence-electron chi connectivity index (χ0n) is 5.89. The average molecular weight is 123 g/mol. The fraction of sp³-hybridized carbons (Fsp3) is 0.857. The molecule has 1 radical (unpaired) electrons. The van der Waals surface area contributed by atoms with Crippen LogP contribution < -0.4 is 0 Å². The van der Waals surface area contributed by atoms with E-state index in [0.717, 1.165) is 0 Å². The van der Waals surface area contributed by atoms with Gasteiger partial charge in [-0.3, -0.25) is 0 Å². The first kappa shape index (κ1) is 6.85. The second-order valence-corrected chi connectivity index (χ2v) is 2.95. The molecule has 0 aliphatic heterocycles. The van der Waals surface area contributed by atoms with E-state index in [1.165, 1.54) is 25.7 Å². The van der Waals surface area contributed by atoms with Crippen LogP contribution in [0.2, 0.25) is 12.6 Å². The van der Waals surface area contributed by atoms with Gasteiger partial charge in [-0.1, -0.05) is 38.3 Å². The molecule has 0 heterocycles. The van der Waals surface area contributed by atoms with E-state index in [1.54, 1.807) is 0 Å². The molecule has 2 heteroatoms. The molecule has 0 aromatic carbocycles. The molecule has 49 valence electrons. The summed E-state index contributed by atoms with van der Waals surface area (Å²) in [5.41, 5.74) is 0. The molecule has 1 saturated carbocycles. The molecule has 0 amide bonds. The molecule has 1 aliphatic rings. The van der Waals surface area contributed by atoms with Crippen LogP contribution in [0.4, 0.5) is 0 Å². The fourth-order valence-corrected chi connectivity index (χ4v) is 1.55. The molecule has 0 spiro atoms. The van der Waals surface area contributed by atoms with E-state index < -0.39 is 0 Å². The molecule has 1 fully saturated rings. The second kappa shape index (κ2) is 3.04. The molecule has 9 heavy (non-hydrogen) atoms. The summed E-state index contributed by atoms with van der Waals surface area (Å²) in [6.07, 6.45) is 7.18. The molecule has 0 aromatic rings. The summed E-state index contributed by atoms with van der Waals surface area (Å²) in [5, 5.41) is 0. The highest BCUT2D eigenvalue weighted by atomic mass is 16.1. The maximum Gasteiger partial charge on any atom is 0.232 e. The maximum absolute atomic E-state index is 10.2. The lowest BCUT2D eigenvalue weighted by atomic mass is 9.44. The number of hydrogen-bond donors (Lipinski definition) is 0. The van der Waals surface area contributed by atoms with E-state index in [-0.39, 0.29) is 6.71 Å². The predicted molar refractivity (Wildman–Crippen MR) is 39.5 cm³/mol. The van der Waals surface area contributed by atoms with Crippen molar-refractivity contribution >= 4 is 12.9 Å². The molecule has 1 aliphatic carbocycles. The smallest absolute Gasteiger partial charge is 0.232 e. The van der Waals surface area contributed by atoms with Crippen LogP contribution in [-0.2, 0) is 4.79 Å². The molecule has 1 rings (SSSR count). The van der Waals surface area contributed by atoms with Gasteiger partial charge in [0.05, 0.1) is 0 Å². The lowest BCUT2D eigenvalue weighted by Crippen LogP contribution is -2.15. The molecule has 0 bridgehead atoms. The van der Waals surface area contributed by atoms with E-state index in [0.29, 0.717) is 5.82 Å². The summed E-state index contributed by atoms with van der Waals surface area (Å²) in [6, 6.07) is 0. The van der Waals surface area contributed by atoms with Crippen LogP contribution in [0.25, 0.3) is 0 Å². The van der Waals surface area contributed by atoms with Gasteiger partial charge in [-0.15, -0.1) is 0 Å². The van der Waals surface area contributed by atoms with Crippen LogP contribution in [-0.4, -0.2) is 12.9 Å². The van der Waals surface area contributed by atoms with Crippen LogP contribution in [0.5, 0.6) is 0 Å². The Morgan fingerprint density at radius 3 is 2.44 bits per heavy atom. The molecular weight excluding hydrogens is 111 g/mol. The van der Waals surface area contributed by atoms with Gasteiger partial charge in [-0.2, -0.15) is 0 Å². The van der Waals surface area contributed by atoms with Crippen molar-refractivity contribution < 1.29 is 4.79 Å². The van der Waals surface area contributed by atoms with Crippen molar-refractivity contribution in [3.05, 3.63) is 0 Å². The number of hydrogen-bond acceptors (Lipinski definition) is 1. The second-order valence-electron chi connectivity index (χ2n) is 2.95. The summed E-state index contributed by atoms with van der Waals surface area (Å²) in [7, 11) is 0. The van der Waals surface area contributed by atoms with E-state index in [1.807, 2.05) is 6.82 Å². The van der Waals surface area contributed by atoms with E-state index in [4.69, 9.17) is 0 Å². The highest BCUT2D eigenvalue weighted by molar-refractivity contribution is 6.84. The van der Waals surface area contributed by atoms with Gasteiger partial charge in [0.1, 0.15) is 6.19 Å². The van der Waals surface area contributed by atoms with Crippen molar-refractivity contribution in [3.63, 3.8) is 0 Å². The Balaban J connectivity index is 2.32. The van der Waals surface area contributed by atoms with Crippen LogP contribution in [0.3, 0.4) is 0 Å². The summed E-state index contributed by atoms with van der Waals surface area (Å²) in [4.78, 5) is 10.2. The van der Waals surface area contributed by atoms with Crippen molar-refractivity contribution in [2.45, 2.75) is 38.3 Å².